The molecule has 0 fully saturated rings. The predicted octanol–water partition coefficient (Wildman–Crippen LogP) is 1.52. The minimum atomic E-state index is 0.124. The fraction of sp³-hybridized carbons (Fsp3) is 0. The maximum absolute atomic E-state index is 8.80. The van der Waals surface area contributed by atoms with E-state index in [2.05, 4.69) is 0 Å². The molecule has 0 saturated heterocycles. The highest BCUT2D eigenvalue weighted by atomic mass is 35.5. The molecule has 0 aliphatic carbocycles. The van der Waals surface area contributed by atoms with Crippen LogP contribution in [-0.2, 0) is 0 Å². The van der Waals surface area contributed by atoms with Gasteiger partial charge in [-0.1, -0.05) is 11.6 Å². The van der Waals surface area contributed by atoms with Crippen LogP contribution in [0.1, 0.15) is 0 Å². The second-order valence-electron chi connectivity index (χ2n) is 1.49. The Bertz CT molecular complexity index is 206. The van der Waals surface area contributed by atoms with E-state index >= 15 is 0 Å². The van der Waals surface area contributed by atoms with Crippen LogP contribution in [0.3, 0.4) is 0 Å². The number of nitrogens with zero attached hydrogens (tertiary/aromatic N) is 1. The van der Waals surface area contributed by atoms with Gasteiger partial charge in [-0.15, -0.1) is 0 Å². The van der Waals surface area contributed by atoms with Gasteiger partial charge in [0.15, 0.2) is 0 Å². The lowest BCUT2D eigenvalue weighted by Gasteiger charge is -1.86. The Morgan fingerprint density at radius 2 is 2.11 bits per heavy atom. The number of halogens is 2. The van der Waals surface area contributed by atoms with Crippen LogP contribution in [0.25, 0.3) is 0 Å². The second kappa shape index (κ2) is 2.42. The first-order valence-corrected chi connectivity index (χ1v) is 3.02. The molecule has 0 aliphatic rings. The number of aromatic nitrogens is 1. The topological polar surface area (TPSA) is 24.1 Å². The monoisotopic (exact) mass is 164 g/mol. The Morgan fingerprint density at radius 3 is 2.56 bits per heavy atom. The van der Waals surface area contributed by atoms with Crippen molar-refractivity contribution < 1.29 is 9.94 Å². The average molecular weight is 165 g/mol. The summed E-state index contributed by atoms with van der Waals surface area (Å²) >= 11 is 11.0. The Labute approximate surface area is 62.2 Å². The molecule has 4 heteroatoms. The summed E-state index contributed by atoms with van der Waals surface area (Å²) in [5, 5.41) is 9.26. The van der Waals surface area contributed by atoms with E-state index in [0.717, 1.165) is 4.73 Å². The van der Waals surface area contributed by atoms with Crippen LogP contribution >= 0.6 is 23.2 Å². The summed E-state index contributed by atoms with van der Waals surface area (Å²) in [5.41, 5.74) is 0. The summed E-state index contributed by atoms with van der Waals surface area (Å²) < 4.78 is 0.754. The molecule has 1 aromatic rings. The minimum absolute atomic E-state index is 0.124. The van der Waals surface area contributed by atoms with E-state index < -0.39 is 0 Å². The summed E-state index contributed by atoms with van der Waals surface area (Å²) in [6.07, 6.45) is 1.40. The molecule has 0 aliphatic heterocycles. The normalized spacial score (nSPS) is 9.56. The highest BCUT2D eigenvalue weighted by Crippen LogP contribution is 2.14. The van der Waals surface area contributed by atoms with Crippen molar-refractivity contribution in [3.63, 3.8) is 0 Å². The molecule has 0 bridgehead atoms. The molecule has 0 saturated carbocycles. The highest BCUT2D eigenvalue weighted by molar-refractivity contribution is 6.40. The third-order valence-electron chi connectivity index (χ3n) is 0.868. The van der Waals surface area contributed by atoms with Crippen molar-refractivity contribution in [2.75, 3.05) is 0 Å². The van der Waals surface area contributed by atoms with Gasteiger partial charge in [0.1, 0.15) is 5.02 Å². The van der Waals surface area contributed by atoms with Gasteiger partial charge in [-0.05, 0) is 17.7 Å². The van der Waals surface area contributed by atoms with Crippen molar-refractivity contribution in [3.05, 3.63) is 28.5 Å². The largest absolute Gasteiger partial charge is 0.343 e. The summed E-state index contributed by atoms with van der Waals surface area (Å²) in [7, 11) is 0. The lowest BCUT2D eigenvalue weighted by molar-refractivity contribution is -0.903. The molecule has 1 rings (SSSR count). The van der Waals surface area contributed by atoms with Crippen molar-refractivity contribution in [1.82, 2.24) is 0 Å². The van der Waals surface area contributed by atoms with Gasteiger partial charge in [0.2, 0.25) is 6.20 Å². The Morgan fingerprint density at radius 1 is 1.44 bits per heavy atom. The first kappa shape index (κ1) is 6.65. The molecule has 0 atom stereocenters. The highest BCUT2D eigenvalue weighted by Gasteiger charge is 2.09. The first-order chi connectivity index (χ1) is 4.22. The SMILES string of the molecule is O[n+]1cccc(Cl)c1Cl. The van der Waals surface area contributed by atoms with Gasteiger partial charge in [-0.25, -0.2) is 0 Å². The third kappa shape index (κ3) is 1.26. The summed E-state index contributed by atoms with van der Waals surface area (Å²) in [6, 6.07) is 3.19. The molecule has 1 N–H and O–H groups in total. The van der Waals surface area contributed by atoms with Gasteiger partial charge in [-0.3, -0.25) is 5.21 Å². The zero-order valence-corrected chi connectivity index (χ0v) is 5.89. The standard InChI is InChI=1S/C5H4Cl2NO/c6-4-2-1-3-8(9)5(4)7/h1-3,9H/q+1. The molecule has 0 aromatic carbocycles. The molecule has 0 amide bonds. The molecule has 48 valence electrons. The van der Waals surface area contributed by atoms with Crippen molar-refractivity contribution in [1.29, 1.82) is 0 Å². The summed E-state index contributed by atoms with van der Waals surface area (Å²) in [6.45, 7) is 0. The molecule has 2 nitrogen and oxygen atoms in total. The molecule has 0 unspecified atom stereocenters. The van der Waals surface area contributed by atoms with Crippen LogP contribution < -0.4 is 4.73 Å². The maximum atomic E-state index is 8.80. The van der Waals surface area contributed by atoms with Gasteiger partial charge in [0.25, 0.3) is 0 Å². The fourth-order valence-corrected chi connectivity index (χ4v) is 0.731. The Kier molecular flexibility index (Phi) is 1.78. The van der Waals surface area contributed by atoms with Crippen LogP contribution in [0.4, 0.5) is 0 Å². The van der Waals surface area contributed by atoms with Gasteiger partial charge in [0, 0.05) is 10.8 Å². The summed E-state index contributed by atoms with van der Waals surface area (Å²) in [5.74, 6) is 0. The van der Waals surface area contributed by atoms with Crippen LogP contribution in [0.5, 0.6) is 0 Å². The number of pyridine rings is 1. The summed E-state index contributed by atoms with van der Waals surface area (Å²) in [4.78, 5) is 0. The van der Waals surface area contributed by atoms with Crippen molar-refractivity contribution in [3.8, 4) is 0 Å². The zero-order chi connectivity index (χ0) is 6.85. The molecule has 1 heterocycles. The molecule has 0 spiro atoms. The van der Waals surface area contributed by atoms with Crippen molar-refractivity contribution in [2.45, 2.75) is 0 Å². The first-order valence-electron chi connectivity index (χ1n) is 2.27. The zero-order valence-electron chi connectivity index (χ0n) is 4.38. The number of hydrogen-bond donors (Lipinski definition) is 1. The van der Waals surface area contributed by atoms with Crippen molar-refractivity contribution in [2.24, 2.45) is 0 Å². The van der Waals surface area contributed by atoms with Gasteiger partial charge >= 0.3 is 5.15 Å². The van der Waals surface area contributed by atoms with Crippen LogP contribution in [0.15, 0.2) is 18.3 Å². The third-order valence-corrected chi connectivity index (χ3v) is 1.65. The Balaban J connectivity index is 3.25. The van der Waals surface area contributed by atoms with Gasteiger partial charge in [-0.2, -0.15) is 0 Å². The van der Waals surface area contributed by atoms with Crippen molar-refractivity contribution >= 4 is 23.2 Å². The molecule has 0 radical (unpaired) electrons. The van der Waals surface area contributed by atoms with Gasteiger partial charge in [0.05, 0.1) is 0 Å². The average Bonchev–Trinajstić information content (AvgIpc) is 1.83. The van der Waals surface area contributed by atoms with E-state index in [1.165, 1.54) is 6.20 Å². The lowest BCUT2D eigenvalue weighted by atomic mass is 10.5. The predicted molar refractivity (Wildman–Crippen MR) is 33.8 cm³/mol. The van der Waals surface area contributed by atoms with Crippen LogP contribution in [0.2, 0.25) is 10.2 Å². The molecular weight excluding hydrogens is 161 g/mol. The molecule has 1 aromatic heterocycles. The van der Waals surface area contributed by atoms with Crippen LogP contribution in [-0.4, -0.2) is 5.21 Å². The fourth-order valence-electron chi connectivity index (χ4n) is 0.453. The van der Waals surface area contributed by atoms with E-state index in [4.69, 9.17) is 28.4 Å². The van der Waals surface area contributed by atoms with E-state index in [1.807, 2.05) is 0 Å². The molecule has 9 heavy (non-hydrogen) atoms. The quantitative estimate of drug-likeness (QED) is 0.351. The van der Waals surface area contributed by atoms with Gasteiger partial charge < -0.3 is 0 Å². The van der Waals surface area contributed by atoms with E-state index in [-0.39, 0.29) is 5.15 Å². The number of rotatable bonds is 0. The minimum Gasteiger partial charge on any atom is -0.284 e. The van der Waals surface area contributed by atoms with E-state index in [0.29, 0.717) is 5.02 Å². The van der Waals surface area contributed by atoms with E-state index in [1.54, 1.807) is 12.1 Å². The van der Waals surface area contributed by atoms with Crippen LogP contribution in [0, 0.1) is 0 Å². The smallest absolute Gasteiger partial charge is 0.284 e. The second-order valence-corrected chi connectivity index (χ2v) is 2.26. The maximum Gasteiger partial charge on any atom is 0.343 e. The number of hydrogen-bond acceptors (Lipinski definition) is 1. The van der Waals surface area contributed by atoms with E-state index in [9.17, 15) is 0 Å². The molecular formula is C5H4Cl2NO+. The Hall–Kier alpha value is -0.470. The lowest BCUT2D eigenvalue weighted by Crippen LogP contribution is -2.30.